The van der Waals surface area contributed by atoms with Gasteiger partial charge in [0.2, 0.25) is 0 Å². The van der Waals surface area contributed by atoms with E-state index in [1.165, 1.54) is 23.6 Å². The Labute approximate surface area is 241 Å². The number of ether oxygens (including phenoxy) is 1. The first kappa shape index (κ1) is 29.3. The molecule has 1 aliphatic rings. The maximum Gasteiger partial charge on any atom is 0.258 e. The molecule has 0 aromatic heterocycles. The van der Waals surface area contributed by atoms with Gasteiger partial charge in [-0.1, -0.05) is 60.1 Å². The van der Waals surface area contributed by atoms with Crippen LogP contribution in [0, 0.1) is 0 Å². The summed E-state index contributed by atoms with van der Waals surface area (Å²) in [7, 11) is -1.12. The Balaban J connectivity index is 1.41. The van der Waals surface area contributed by atoms with Crippen molar-refractivity contribution in [1.82, 2.24) is 9.62 Å². The van der Waals surface area contributed by atoms with Gasteiger partial charge < -0.3 is 10.1 Å². The van der Waals surface area contributed by atoms with Crippen molar-refractivity contribution in [3.8, 4) is 16.9 Å². The molecular formula is C30H32ClFN2O3S2. The molecule has 0 aliphatic carbocycles. The van der Waals surface area contributed by atoms with E-state index >= 15 is 4.39 Å². The van der Waals surface area contributed by atoms with E-state index in [2.05, 4.69) is 9.62 Å². The van der Waals surface area contributed by atoms with Gasteiger partial charge in [0.1, 0.15) is 12.4 Å². The highest BCUT2D eigenvalue weighted by Crippen LogP contribution is 2.39. The summed E-state index contributed by atoms with van der Waals surface area (Å²) in [5.74, 6) is 0.137. The van der Waals surface area contributed by atoms with Gasteiger partial charge in [-0.2, -0.15) is 0 Å². The van der Waals surface area contributed by atoms with E-state index in [1.54, 1.807) is 13.0 Å². The lowest BCUT2D eigenvalue weighted by molar-refractivity contribution is -0.135. The molecule has 5 nitrogen and oxygen atoms in total. The number of hydrogen-bond donors (Lipinski definition) is 1. The first-order chi connectivity index (χ1) is 18.7. The first-order valence-electron chi connectivity index (χ1n) is 12.7. The summed E-state index contributed by atoms with van der Waals surface area (Å²) in [5, 5.41) is 4.80. The topological polar surface area (TPSA) is 58.6 Å². The van der Waals surface area contributed by atoms with E-state index in [0.29, 0.717) is 24.7 Å². The van der Waals surface area contributed by atoms with E-state index in [9.17, 15) is 9.00 Å². The fourth-order valence-corrected chi connectivity index (χ4v) is 5.89. The lowest BCUT2D eigenvalue weighted by Gasteiger charge is -2.35. The van der Waals surface area contributed by atoms with Crippen LogP contribution in [0.25, 0.3) is 11.1 Å². The molecule has 9 heteroatoms. The fraction of sp³-hybridized carbons (Fsp3) is 0.300. The summed E-state index contributed by atoms with van der Waals surface area (Å²) in [5.41, 5.74) is 1.09. The first-order valence-corrected chi connectivity index (χ1v) is 15.5. The molecule has 0 spiro atoms. The number of piperidine rings is 1. The Morgan fingerprint density at radius 2 is 1.90 bits per heavy atom. The molecule has 3 aromatic carbocycles. The van der Waals surface area contributed by atoms with Crippen molar-refractivity contribution in [3.63, 3.8) is 0 Å². The predicted molar refractivity (Wildman–Crippen MR) is 159 cm³/mol. The predicted octanol–water partition coefficient (Wildman–Crippen LogP) is 6.79. The number of alkyl halides is 1. The zero-order chi connectivity index (χ0) is 27.8. The average molecular weight is 587 g/mol. The van der Waals surface area contributed by atoms with Crippen molar-refractivity contribution in [2.75, 3.05) is 19.3 Å². The van der Waals surface area contributed by atoms with Crippen LogP contribution >= 0.6 is 23.5 Å². The molecule has 39 heavy (non-hydrogen) atoms. The van der Waals surface area contributed by atoms with Gasteiger partial charge in [-0.15, -0.1) is 0 Å². The van der Waals surface area contributed by atoms with Gasteiger partial charge in [-0.05, 0) is 65.9 Å². The summed E-state index contributed by atoms with van der Waals surface area (Å²) in [6, 6.07) is 23.2. The lowest BCUT2D eigenvalue weighted by atomic mass is 9.93. The number of carbonyl (C=O) groups is 1. The van der Waals surface area contributed by atoms with Gasteiger partial charge in [-0.25, -0.2) is 8.70 Å². The number of benzene rings is 3. The highest BCUT2D eigenvalue weighted by atomic mass is 35.5. The standard InChI is InChI=1S/C30H32ClFN2O3S2/c1-22(13-18-39(2)36)33-29(35)30(32)14-16-34(17-15-30)38-28-12-11-25(31)20-27(28)24-9-6-10-26(19-24)37-21-23-7-4-3-5-8-23/h3-13,18-20,22H,14-17,21H2,1-2H3,(H,33,35)/b18-13-. The molecule has 4 rings (SSSR count). The van der Waals surface area contributed by atoms with Crippen molar-refractivity contribution in [3.05, 3.63) is 94.9 Å². The van der Waals surface area contributed by atoms with Crippen LogP contribution in [0.15, 0.2) is 89.2 Å². The van der Waals surface area contributed by atoms with Crippen LogP contribution in [0.3, 0.4) is 0 Å². The minimum Gasteiger partial charge on any atom is -0.489 e. The molecule has 1 N–H and O–H groups in total. The monoisotopic (exact) mass is 586 g/mol. The van der Waals surface area contributed by atoms with E-state index in [4.69, 9.17) is 16.3 Å². The summed E-state index contributed by atoms with van der Waals surface area (Å²) in [6.07, 6.45) is 3.34. The van der Waals surface area contributed by atoms with E-state index in [1.807, 2.05) is 72.8 Å². The molecule has 206 valence electrons. The molecule has 1 aliphatic heterocycles. The molecular weight excluding hydrogens is 555 g/mol. The van der Waals surface area contributed by atoms with Gasteiger partial charge in [0.25, 0.3) is 5.91 Å². The molecule has 0 radical (unpaired) electrons. The van der Waals surface area contributed by atoms with E-state index < -0.39 is 28.4 Å². The van der Waals surface area contributed by atoms with Crippen LogP contribution in [0.1, 0.15) is 25.3 Å². The largest absolute Gasteiger partial charge is 0.489 e. The number of halogens is 2. The molecule has 3 aromatic rings. The van der Waals surface area contributed by atoms with Crippen molar-refractivity contribution < 1.29 is 18.1 Å². The zero-order valence-corrected chi connectivity index (χ0v) is 24.3. The summed E-state index contributed by atoms with van der Waals surface area (Å²) >= 11 is 7.91. The average Bonchev–Trinajstić information content (AvgIpc) is 2.93. The molecule has 0 saturated carbocycles. The molecule has 1 fully saturated rings. The summed E-state index contributed by atoms with van der Waals surface area (Å²) in [6.45, 7) is 3.04. The Morgan fingerprint density at radius 3 is 2.62 bits per heavy atom. The Morgan fingerprint density at radius 1 is 1.15 bits per heavy atom. The summed E-state index contributed by atoms with van der Waals surface area (Å²) < 4.78 is 34.8. The molecule has 0 bridgehead atoms. The van der Waals surface area contributed by atoms with Crippen molar-refractivity contribution in [2.24, 2.45) is 0 Å². The van der Waals surface area contributed by atoms with Crippen LogP contribution in [0.5, 0.6) is 5.75 Å². The fourth-order valence-electron chi connectivity index (χ4n) is 4.21. The quantitative estimate of drug-likeness (QED) is 0.265. The van der Waals surface area contributed by atoms with Crippen molar-refractivity contribution in [2.45, 2.75) is 43.0 Å². The Bertz CT molecular complexity index is 1330. The third kappa shape index (κ3) is 8.42. The third-order valence-corrected chi connectivity index (χ3v) is 8.35. The number of carbonyl (C=O) groups excluding carboxylic acids is 1. The minimum atomic E-state index is -1.93. The molecule has 2 unspecified atom stereocenters. The highest BCUT2D eigenvalue weighted by Gasteiger charge is 2.42. The van der Waals surface area contributed by atoms with Gasteiger partial charge >= 0.3 is 0 Å². The normalized spacial score (nSPS) is 17.0. The molecule has 2 atom stereocenters. The van der Waals surface area contributed by atoms with E-state index in [-0.39, 0.29) is 12.8 Å². The number of hydrogen-bond acceptors (Lipinski definition) is 5. The van der Waals surface area contributed by atoms with Crippen LogP contribution in [-0.4, -0.2) is 45.5 Å². The molecule has 1 heterocycles. The number of amides is 1. The van der Waals surface area contributed by atoms with Gasteiger partial charge in [0, 0.05) is 64.4 Å². The lowest BCUT2D eigenvalue weighted by Crippen LogP contribution is -2.51. The molecule has 1 amide bonds. The maximum atomic E-state index is 15.5. The Hall–Kier alpha value is -2.65. The van der Waals surface area contributed by atoms with Crippen LogP contribution in [0.2, 0.25) is 5.02 Å². The van der Waals surface area contributed by atoms with Crippen LogP contribution in [0.4, 0.5) is 4.39 Å². The van der Waals surface area contributed by atoms with Gasteiger partial charge in [0.15, 0.2) is 5.67 Å². The summed E-state index contributed by atoms with van der Waals surface area (Å²) in [4.78, 5) is 13.6. The van der Waals surface area contributed by atoms with Crippen LogP contribution < -0.4 is 10.1 Å². The van der Waals surface area contributed by atoms with Crippen molar-refractivity contribution >= 4 is 40.3 Å². The molecule has 1 saturated heterocycles. The third-order valence-electron chi connectivity index (χ3n) is 6.40. The maximum absolute atomic E-state index is 15.5. The Kier molecular flexibility index (Phi) is 10.2. The minimum absolute atomic E-state index is 0.0910. The smallest absolute Gasteiger partial charge is 0.258 e. The van der Waals surface area contributed by atoms with E-state index in [0.717, 1.165) is 27.3 Å². The second-order valence-electron chi connectivity index (χ2n) is 9.52. The SMILES string of the molecule is CC(/C=C\S(C)=O)NC(=O)C1(F)CCN(Sc2ccc(Cl)cc2-c2cccc(OCc3ccccc3)c2)CC1. The van der Waals surface area contributed by atoms with Gasteiger partial charge in [0.05, 0.1) is 0 Å². The van der Waals surface area contributed by atoms with Gasteiger partial charge in [-0.3, -0.25) is 9.00 Å². The van der Waals surface area contributed by atoms with Crippen molar-refractivity contribution in [1.29, 1.82) is 0 Å². The second-order valence-corrected chi connectivity index (χ2v) is 12.4. The number of nitrogens with one attached hydrogen (secondary N) is 1. The number of rotatable bonds is 10. The highest BCUT2D eigenvalue weighted by molar-refractivity contribution is 7.97. The zero-order valence-electron chi connectivity index (χ0n) is 21.9. The second kappa shape index (κ2) is 13.6. The number of nitrogens with zero attached hydrogens (tertiary/aromatic N) is 1. The van der Waals surface area contributed by atoms with Crippen LogP contribution in [-0.2, 0) is 22.2 Å².